The standard InChI is InChI=1S/C21H28N2O/c1-18-6-8-19(9-7-18)15-22(2)16-20-4-3-5-21(14-20)17-23-10-12-24-13-11-23/h3-9,14H,10-13,15-17H2,1-2H3. The summed E-state index contributed by atoms with van der Waals surface area (Å²) in [5, 5.41) is 0. The lowest BCUT2D eigenvalue weighted by molar-refractivity contribution is 0.0342. The van der Waals surface area contributed by atoms with Gasteiger partial charge in [0.15, 0.2) is 0 Å². The second-order valence-corrected chi connectivity index (χ2v) is 6.87. The van der Waals surface area contributed by atoms with Gasteiger partial charge >= 0.3 is 0 Å². The first-order chi connectivity index (χ1) is 11.7. The van der Waals surface area contributed by atoms with Crippen LogP contribution in [0.4, 0.5) is 0 Å². The molecule has 2 aromatic rings. The van der Waals surface area contributed by atoms with Gasteiger partial charge in [0.1, 0.15) is 0 Å². The van der Waals surface area contributed by atoms with Crippen molar-refractivity contribution in [3.63, 3.8) is 0 Å². The minimum absolute atomic E-state index is 0.860. The minimum atomic E-state index is 0.860. The Hall–Kier alpha value is -1.68. The van der Waals surface area contributed by atoms with Crippen molar-refractivity contribution >= 4 is 0 Å². The van der Waals surface area contributed by atoms with Gasteiger partial charge in [-0.25, -0.2) is 0 Å². The number of aryl methyl sites for hydroxylation is 1. The zero-order chi connectivity index (χ0) is 16.8. The first-order valence-corrected chi connectivity index (χ1v) is 8.81. The van der Waals surface area contributed by atoms with Crippen molar-refractivity contribution in [1.29, 1.82) is 0 Å². The highest BCUT2D eigenvalue weighted by atomic mass is 16.5. The molecule has 1 heterocycles. The molecule has 0 aromatic heterocycles. The van der Waals surface area contributed by atoms with E-state index in [1.54, 1.807) is 0 Å². The van der Waals surface area contributed by atoms with E-state index in [4.69, 9.17) is 4.74 Å². The van der Waals surface area contributed by atoms with Crippen LogP contribution in [0.1, 0.15) is 22.3 Å². The van der Waals surface area contributed by atoms with E-state index in [0.717, 1.165) is 45.9 Å². The smallest absolute Gasteiger partial charge is 0.0594 e. The molecule has 0 saturated carbocycles. The molecule has 0 radical (unpaired) electrons. The van der Waals surface area contributed by atoms with Gasteiger partial charge in [-0.05, 0) is 30.7 Å². The Bertz CT molecular complexity index is 633. The average molecular weight is 324 g/mol. The van der Waals surface area contributed by atoms with Gasteiger partial charge in [-0.2, -0.15) is 0 Å². The fourth-order valence-corrected chi connectivity index (χ4v) is 3.22. The minimum Gasteiger partial charge on any atom is -0.379 e. The van der Waals surface area contributed by atoms with Crippen LogP contribution in [-0.4, -0.2) is 43.2 Å². The molecule has 0 spiro atoms. The van der Waals surface area contributed by atoms with Crippen LogP contribution in [0, 0.1) is 6.92 Å². The molecule has 0 aliphatic carbocycles. The predicted molar refractivity (Wildman–Crippen MR) is 98.9 cm³/mol. The van der Waals surface area contributed by atoms with Crippen molar-refractivity contribution in [3.8, 4) is 0 Å². The van der Waals surface area contributed by atoms with Gasteiger partial charge in [0, 0.05) is 32.7 Å². The van der Waals surface area contributed by atoms with Gasteiger partial charge in [0.25, 0.3) is 0 Å². The number of benzene rings is 2. The predicted octanol–water partition coefficient (Wildman–Crippen LogP) is 3.46. The number of ether oxygens (including phenoxy) is 1. The third-order valence-corrected chi connectivity index (χ3v) is 4.53. The summed E-state index contributed by atoms with van der Waals surface area (Å²) in [5.41, 5.74) is 5.47. The Morgan fingerprint density at radius 3 is 2.33 bits per heavy atom. The lowest BCUT2D eigenvalue weighted by Gasteiger charge is -2.26. The molecule has 3 rings (SSSR count). The lowest BCUT2D eigenvalue weighted by Crippen LogP contribution is -2.35. The Morgan fingerprint density at radius 2 is 1.58 bits per heavy atom. The van der Waals surface area contributed by atoms with Crippen LogP contribution in [0.3, 0.4) is 0 Å². The van der Waals surface area contributed by atoms with Crippen LogP contribution in [0.5, 0.6) is 0 Å². The molecule has 0 amide bonds. The highest BCUT2D eigenvalue weighted by molar-refractivity contribution is 5.24. The van der Waals surface area contributed by atoms with Crippen molar-refractivity contribution < 1.29 is 4.74 Å². The summed E-state index contributed by atoms with van der Waals surface area (Å²) < 4.78 is 5.43. The Balaban J connectivity index is 1.56. The van der Waals surface area contributed by atoms with E-state index in [1.807, 2.05) is 0 Å². The summed E-state index contributed by atoms with van der Waals surface area (Å²) in [6.07, 6.45) is 0. The van der Waals surface area contributed by atoms with Crippen LogP contribution in [-0.2, 0) is 24.4 Å². The zero-order valence-electron chi connectivity index (χ0n) is 14.9. The largest absolute Gasteiger partial charge is 0.379 e. The molecular formula is C21H28N2O. The van der Waals surface area contributed by atoms with E-state index in [0.29, 0.717) is 0 Å². The fraction of sp³-hybridized carbons (Fsp3) is 0.429. The zero-order valence-corrected chi connectivity index (χ0v) is 14.9. The van der Waals surface area contributed by atoms with Gasteiger partial charge < -0.3 is 4.74 Å². The SMILES string of the molecule is Cc1ccc(CN(C)Cc2cccc(CN3CCOCC3)c2)cc1. The summed E-state index contributed by atoms with van der Waals surface area (Å²) in [6, 6.07) is 17.8. The molecular weight excluding hydrogens is 296 g/mol. The maximum absolute atomic E-state index is 5.43. The topological polar surface area (TPSA) is 15.7 Å². The second-order valence-electron chi connectivity index (χ2n) is 6.87. The highest BCUT2D eigenvalue weighted by Crippen LogP contribution is 2.13. The third kappa shape index (κ3) is 5.17. The van der Waals surface area contributed by atoms with Gasteiger partial charge in [0.2, 0.25) is 0 Å². The third-order valence-electron chi connectivity index (χ3n) is 4.53. The molecule has 1 saturated heterocycles. The summed E-state index contributed by atoms with van der Waals surface area (Å²) in [7, 11) is 2.19. The summed E-state index contributed by atoms with van der Waals surface area (Å²) in [6.45, 7) is 8.91. The Kier molecular flexibility index (Phi) is 6.02. The van der Waals surface area contributed by atoms with Gasteiger partial charge in [-0.15, -0.1) is 0 Å². The van der Waals surface area contributed by atoms with Crippen molar-refractivity contribution in [1.82, 2.24) is 9.80 Å². The highest BCUT2D eigenvalue weighted by Gasteiger charge is 2.11. The molecule has 0 unspecified atom stereocenters. The maximum atomic E-state index is 5.43. The van der Waals surface area contributed by atoms with E-state index >= 15 is 0 Å². The van der Waals surface area contributed by atoms with Gasteiger partial charge in [-0.1, -0.05) is 54.1 Å². The molecule has 1 fully saturated rings. The summed E-state index contributed by atoms with van der Waals surface area (Å²) in [4.78, 5) is 4.84. The van der Waals surface area contributed by atoms with Crippen LogP contribution >= 0.6 is 0 Å². The van der Waals surface area contributed by atoms with E-state index in [1.165, 1.54) is 22.3 Å². The van der Waals surface area contributed by atoms with Crippen molar-refractivity contribution in [3.05, 3.63) is 70.8 Å². The number of hydrogen-bond donors (Lipinski definition) is 0. The van der Waals surface area contributed by atoms with Crippen LogP contribution < -0.4 is 0 Å². The molecule has 0 N–H and O–H groups in total. The van der Waals surface area contributed by atoms with E-state index in [9.17, 15) is 0 Å². The number of nitrogens with zero attached hydrogens (tertiary/aromatic N) is 2. The summed E-state index contributed by atoms with van der Waals surface area (Å²) >= 11 is 0. The molecule has 3 nitrogen and oxygen atoms in total. The molecule has 1 aliphatic rings. The van der Waals surface area contributed by atoms with E-state index in [2.05, 4.69) is 72.3 Å². The molecule has 1 aliphatic heterocycles. The first-order valence-electron chi connectivity index (χ1n) is 8.81. The molecule has 2 aromatic carbocycles. The fourth-order valence-electron chi connectivity index (χ4n) is 3.22. The van der Waals surface area contributed by atoms with Gasteiger partial charge in [-0.3, -0.25) is 9.80 Å². The van der Waals surface area contributed by atoms with E-state index in [-0.39, 0.29) is 0 Å². The van der Waals surface area contributed by atoms with Gasteiger partial charge in [0.05, 0.1) is 13.2 Å². The summed E-state index contributed by atoms with van der Waals surface area (Å²) in [5.74, 6) is 0. The van der Waals surface area contributed by atoms with Crippen LogP contribution in [0.25, 0.3) is 0 Å². The quantitative estimate of drug-likeness (QED) is 0.809. The molecule has 24 heavy (non-hydrogen) atoms. The van der Waals surface area contributed by atoms with Crippen LogP contribution in [0.15, 0.2) is 48.5 Å². The normalized spacial score (nSPS) is 15.8. The van der Waals surface area contributed by atoms with Crippen molar-refractivity contribution in [2.24, 2.45) is 0 Å². The molecule has 128 valence electrons. The second kappa shape index (κ2) is 8.43. The number of hydrogen-bond acceptors (Lipinski definition) is 3. The Labute approximate surface area is 145 Å². The number of morpholine rings is 1. The number of rotatable bonds is 6. The molecule has 3 heteroatoms. The molecule has 0 atom stereocenters. The monoisotopic (exact) mass is 324 g/mol. The van der Waals surface area contributed by atoms with Crippen LogP contribution in [0.2, 0.25) is 0 Å². The molecule has 0 bridgehead atoms. The van der Waals surface area contributed by atoms with Crippen molar-refractivity contribution in [2.75, 3.05) is 33.4 Å². The maximum Gasteiger partial charge on any atom is 0.0594 e. The average Bonchev–Trinajstić information content (AvgIpc) is 2.58. The van der Waals surface area contributed by atoms with E-state index < -0.39 is 0 Å². The van der Waals surface area contributed by atoms with Crippen molar-refractivity contribution in [2.45, 2.75) is 26.6 Å². The lowest BCUT2D eigenvalue weighted by atomic mass is 10.1. The first kappa shape index (κ1) is 17.2. The Morgan fingerprint density at radius 1 is 0.917 bits per heavy atom.